The quantitative estimate of drug-likeness (QED) is 0.726. The molecule has 0 aromatic heterocycles. The molecule has 0 radical (unpaired) electrons. The Kier molecular flexibility index (Phi) is 3.20. The molecule has 1 aromatic rings. The van der Waals surface area contributed by atoms with E-state index in [1.54, 1.807) is 11.8 Å². The van der Waals surface area contributed by atoms with E-state index in [4.69, 9.17) is 4.74 Å². The van der Waals surface area contributed by atoms with Crippen LogP contribution in [0.1, 0.15) is 39.2 Å². The Labute approximate surface area is 103 Å². The van der Waals surface area contributed by atoms with Gasteiger partial charge in [-0.2, -0.15) is 0 Å². The van der Waals surface area contributed by atoms with Crippen LogP contribution >= 0.6 is 11.8 Å². The number of rotatable bonds is 3. The molecule has 1 aromatic carbocycles. The van der Waals surface area contributed by atoms with E-state index in [9.17, 15) is 0 Å². The first kappa shape index (κ1) is 11.8. The molecule has 2 heteroatoms. The molecule has 0 amide bonds. The minimum Gasteiger partial charge on any atom is -0.490 e. The van der Waals surface area contributed by atoms with Crippen molar-refractivity contribution >= 4 is 11.8 Å². The van der Waals surface area contributed by atoms with Crippen LogP contribution < -0.4 is 4.74 Å². The topological polar surface area (TPSA) is 9.23 Å². The van der Waals surface area contributed by atoms with Crippen molar-refractivity contribution in [2.24, 2.45) is 0 Å². The minimum absolute atomic E-state index is 0.154. The first-order valence-corrected chi connectivity index (χ1v) is 7.08. The monoisotopic (exact) mass is 236 g/mol. The van der Waals surface area contributed by atoms with E-state index in [1.165, 1.54) is 23.3 Å². The highest BCUT2D eigenvalue weighted by atomic mass is 32.2. The lowest BCUT2D eigenvalue weighted by atomic mass is 9.86. The fraction of sp³-hybridized carbons (Fsp3) is 0.571. The molecule has 0 spiro atoms. The summed E-state index contributed by atoms with van der Waals surface area (Å²) in [5, 5.41) is 0. The summed E-state index contributed by atoms with van der Waals surface area (Å²) < 4.78 is 6.01. The van der Waals surface area contributed by atoms with Gasteiger partial charge in [0, 0.05) is 4.90 Å². The Morgan fingerprint density at radius 3 is 2.44 bits per heavy atom. The third-order valence-electron chi connectivity index (χ3n) is 2.81. The molecule has 0 bridgehead atoms. The van der Waals surface area contributed by atoms with Crippen molar-refractivity contribution in [1.82, 2.24) is 0 Å². The zero-order chi connectivity index (χ0) is 11.8. The third kappa shape index (κ3) is 2.73. The molecule has 0 aliphatic heterocycles. The van der Waals surface area contributed by atoms with Crippen molar-refractivity contribution in [3.05, 3.63) is 23.8 Å². The van der Waals surface area contributed by atoms with Crippen molar-refractivity contribution in [2.75, 3.05) is 6.26 Å². The van der Waals surface area contributed by atoms with E-state index < -0.39 is 0 Å². The van der Waals surface area contributed by atoms with Gasteiger partial charge >= 0.3 is 0 Å². The molecule has 1 saturated carbocycles. The van der Waals surface area contributed by atoms with E-state index in [-0.39, 0.29) is 5.41 Å². The number of ether oxygens (including phenoxy) is 1. The van der Waals surface area contributed by atoms with Crippen LogP contribution in [0, 0.1) is 0 Å². The molecule has 1 fully saturated rings. The molecule has 0 N–H and O–H groups in total. The molecular formula is C14H20OS. The summed E-state index contributed by atoms with van der Waals surface area (Å²) in [7, 11) is 0. The maximum absolute atomic E-state index is 6.01. The predicted octanol–water partition coefficient (Wildman–Crippen LogP) is 4.25. The van der Waals surface area contributed by atoms with E-state index in [2.05, 4.69) is 45.2 Å². The summed E-state index contributed by atoms with van der Waals surface area (Å²) in [4.78, 5) is 1.28. The smallest absolute Gasteiger partial charge is 0.124 e. The van der Waals surface area contributed by atoms with Crippen molar-refractivity contribution in [1.29, 1.82) is 0 Å². The summed E-state index contributed by atoms with van der Waals surface area (Å²) in [5.74, 6) is 1.09. The van der Waals surface area contributed by atoms with E-state index >= 15 is 0 Å². The highest BCUT2D eigenvalue weighted by Crippen LogP contribution is 2.37. The van der Waals surface area contributed by atoms with Gasteiger partial charge in [0.1, 0.15) is 5.75 Å². The van der Waals surface area contributed by atoms with Gasteiger partial charge in [0.15, 0.2) is 0 Å². The molecule has 16 heavy (non-hydrogen) atoms. The van der Waals surface area contributed by atoms with Gasteiger partial charge in [0.05, 0.1) is 6.10 Å². The summed E-state index contributed by atoms with van der Waals surface area (Å²) in [6.07, 6.45) is 5.01. The van der Waals surface area contributed by atoms with E-state index in [0.29, 0.717) is 6.10 Å². The van der Waals surface area contributed by atoms with Crippen LogP contribution in [0.4, 0.5) is 0 Å². The molecule has 1 aliphatic rings. The fourth-order valence-electron chi connectivity index (χ4n) is 1.71. The molecule has 0 heterocycles. The van der Waals surface area contributed by atoms with Gasteiger partial charge in [-0.3, -0.25) is 0 Å². The first-order valence-electron chi connectivity index (χ1n) is 5.86. The molecule has 88 valence electrons. The van der Waals surface area contributed by atoms with Crippen molar-refractivity contribution in [3.8, 4) is 5.75 Å². The van der Waals surface area contributed by atoms with Crippen molar-refractivity contribution < 1.29 is 4.74 Å². The Morgan fingerprint density at radius 1 is 1.25 bits per heavy atom. The van der Waals surface area contributed by atoms with Gasteiger partial charge in [-0.05, 0) is 42.2 Å². The van der Waals surface area contributed by atoms with Gasteiger partial charge in [-0.25, -0.2) is 0 Å². The molecule has 2 rings (SSSR count). The summed E-state index contributed by atoms with van der Waals surface area (Å²) in [6, 6.07) is 6.58. The largest absolute Gasteiger partial charge is 0.490 e. The highest BCUT2D eigenvalue weighted by molar-refractivity contribution is 7.98. The third-order valence-corrected chi connectivity index (χ3v) is 3.54. The summed E-state index contributed by atoms with van der Waals surface area (Å²) in [5.41, 5.74) is 1.47. The molecule has 1 aliphatic carbocycles. The second-order valence-electron chi connectivity index (χ2n) is 5.43. The van der Waals surface area contributed by atoms with Gasteiger partial charge in [0.25, 0.3) is 0 Å². The number of hydrogen-bond donors (Lipinski definition) is 0. The van der Waals surface area contributed by atoms with E-state index in [1.807, 2.05) is 0 Å². The van der Waals surface area contributed by atoms with Crippen LogP contribution in [0.3, 0.4) is 0 Å². The van der Waals surface area contributed by atoms with E-state index in [0.717, 1.165) is 5.75 Å². The van der Waals surface area contributed by atoms with Crippen LogP contribution in [0.25, 0.3) is 0 Å². The lowest BCUT2D eigenvalue weighted by Gasteiger charge is -2.23. The second-order valence-corrected chi connectivity index (χ2v) is 6.31. The molecule has 0 unspecified atom stereocenters. The number of thioether (sulfide) groups is 1. The average molecular weight is 236 g/mol. The Bertz CT molecular complexity index is 375. The minimum atomic E-state index is 0.154. The second kappa shape index (κ2) is 4.33. The summed E-state index contributed by atoms with van der Waals surface area (Å²) in [6.45, 7) is 6.71. The van der Waals surface area contributed by atoms with Crippen LogP contribution in [-0.4, -0.2) is 12.4 Å². The SMILES string of the molecule is CSc1ccc(C(C)(C)C)c(OC2CC2)c1. The van der Waals surface area contributed by atoms with Crippen LogP contribution in [0.2, 0.25) is 0 Å². The average Bonchev–Trinajstić information content (AvgIpc) is 3.00. The number of hydrogen-bond acceptors (Lipinski definition) is 2. The predicted molar refractivity (Wildman–Crippen MR) is 70.6 cm³/mol. The normalized spacial score (nSPS) is 16.2. The molecule has 0 atom stereocenters. The molecule has 1 nitrogen and oxygen atoms in total. The highest BCUT2D eigenvalue weighted by Gasteiger charge is 2.27. The zero-order valence-electron chi connectivity index (χ0n) is 10.5. The first-order chi connectivity index (χ1) is 7.50. The lowest BCUT2D eigenvalue weighted by Crippen LogP contribution is -2.14. The Balaban J connectivity index is 2.33. The standard InChI is InChI=1S/C14H20OS/c1-14(2,3)12-8-7-11(16-4)9-13(12)15-10-5-6-10/h7-10H,5-6H2,1-4H3. The van der Waals surface area contributed by atoms with Crippen LogP contribution in [0.5, 0.6) is 5.75 Å². The lowest BCUT2D eigenvalue weighted by molar-refractivity contribution is 0.294. The van der Waals surface area contributed by atoms with Gasteiger partial charge in [0.2, 0.25) is 0 Å². The maximum Gasteiger partial charge on any atom is 0.124 e. The van der Waals surface area contributed by atoms with Crippen LogP contribution in [-0.2, 0) is 5.41 Å². The molecule has 0 saturated heterocycles. The van der Waals surface area contributed by atoms with Gasteiger partial charge < -0.3 is 4.74 Å². The van der Waals surface area contributed by atoms with Crippen LogP contribution in [0.15, 0.2) is 23.1 Å². The Hall–Kier alpha value is -0.630. The van der Waals surface area contributed by atoms with Gasteiger partial charge in [-0.15, -0.1) is 11.8 Å². The maximum atomic E-state index is 6.01. The zero-order valence-corrected chi connectivity index (χ0v) is 11.4. The fourth-order valence-corrected chi connectivity index (χ4v) is 2.14. The van der Waals surface area contributed by atoms with Gasteiger partial charge in [-0.1, -0.05) is 26.8 Å². The van der Waals surface area contributed by atoms with Crippen molar-refractivity contribution in [3.63, 3.8) is 0 Å². The number of benzene rings is 1. The Morgan fingerprint density at radius 2 is 1.94 bits per heavy atom. The molecular weight excluding hydrogens is 216 g/mol. The van der Waals surface area contributed by atoms with Crippen molar-refractivity contribution in [2.45, 2.75) is 50.0 Å². The summed E-state index contributed by atoms with van der Waals surface area (Å²) >= 11 is 1.77.